The lowest BCUT2D eigenvalue weighted by atomic mass is 9.80. The van der Waals surface area contributed by atoms with Crippen LogP contribution in [0.25, 0.3) is 0 Å². The van der Waals surface area contributed by atoms with Gasteiger partial charge in [-0.3, -0.25) is 4.90 Å². The molecule has 92 valence electrons. The Bertz CT molecular complexity index is 259. The minimum Gasteiger partial charge on any atom is -0.299 e. The summed E-state index contributed by atoms with van der Waals surface area (Å²) in [5.41, 5.74) is 0.284. The van der Waals surface area contributed by atoms with E-state index in [1.807, 2.05) is 0 Å². The van der Waals surface area contributed by atoms with E-state index in [4.69, 9.17) is 0 Å². The minimum atomic E-state index is 0.239. The van der Waals surface area contributed by atoms with Gasteiger partial charge in [0, 0.05) is 12.1 Å². The van der Waals surface area contributed by atoms with Crippen molar-refractivity contribution in [2.45, 2.75) is 65.5 Å². The summed E-state index contributed by atoms with van der Waals surface area (Å²) in [5, 5.41) is 9.22. The lowest BCUT2D eigenvalue weighted by Crippen LogP contribution is -2.49. The number of rotatable bonds is 2. The summed E-state index contributed by atoms with van der Waals surface area (Å²) < 4.78 is 0. The molecule has 0 bridgehead atoms. The highest BCUT2D eigenvalue weighted by atomic mass is 15.2. The summed E-state index contributed by atoms with van der Waals surface area (Å²) in [6.45, 7) is 9.11. The first-order valence-electron chi connectivity index (χ1n) is 6.49. The molecule has 3 atom stereocenters. The van der Waals surface area contributed by atoms with E-state index in [9.17, 15) is 5.26 Å². The topological polar surface area (TPSA) is 27.0 Å². The molecule has 0 aliphatic heterocycles. The molecule has 1 aliphatic rings. The van der Waals surface area contributed by atoms with Gasteiger partial charge >= 0.3 is 0 Å². The fraction of sp³-hybridized carbons (Fsp3) is 0.929. The highest BCUT2D eigenvalue weighted by Gasteiger charge is 2.34. The van der Waals surface area contributed by atoms with Gasteiger partial charge in [-0.1, -0.05) is 33.6 Å². The van der Waals surface area contributed by atoms with Gasteiger partial charge in [0.2, 0.25) is 0 Å². The molecule has 1 fully saturated rings. The first-order chi connectivity index (χ1) is 7.38. The zero-order valence-electron chi connectivity index (χ0n) is 11.5. The molecule has 1 saturated carbocycles. The van der Waals surface area contributed by atoms with Gasteiger partial charge in [-0.05, 0) is 32.2 Å². The number of nitrogens with zero attached hydrogens (tertiary/aromatic N) is 2. The van der Waals surface area contributed by atoms with Gasteiger partial charge in [0.25, 0.3) is 0 Å². The SMILES string of the molecule is CC(N(C)C1CCCCC1C#N)C(C)(C)C. The lowest BCUT2D eigenvalue weighted by molar-refractivity contribution is 0.0607. The molecular formula is C14H26N2. The maximum atomic E-state index is 9.22. The van der Waals surface area contributed by atoms with Crippen molar-refractivity contribution >= 4 is 0 Å². The molecule has 0 aromatic rings. The molecule has 0 amide bonds. The Morgan fingerprint density at radius 1 is 1.25 bits per heavy atom. The zero-order valence-corrected chi connectivity index (χ0v) is 11.5. The second-order valence-corrected chi connectivity index (χ2v) is 6.29. The Hall–Kier alpha value is -0.550. The van der Waals surface area contributed by atoms with Gasteiger partial charge in [0.05, 0.1) is 12.0 Å². The van der Waals surface area contributed by atoms with Gasteiger partial charge in [0.15, 0.2) is 0 Å². The van der Waals surface area contributed by atoms with E-state index in [0.717, 1.165) is 6.42 Å². The van der Waals surface area contributed by atoms with Crippen molar-refractivity contribution < 1.29 is 0 Å². The zero-order chi connectivity index (χ0) is 12.3. The van der Waals surface area contributed by atoms with Crippen LogP contribution in [0.3, 0.4) is 0 Å². The van der Waals surface area contributed by atoms with Crippen LogP contribution in [0.2, 0.25) is 0 Å². The van der Waals surface area contributed by atoms with Crippen molar-refractivity contribution in [2.24, 2.45) is 11.3 Å². The highest BCUT2D eigenvalue weighted by molar-refractivity contribution is 4.97. The maximum Gasteiger partial charge on any atom is 0.0672 e. The predicted molar refractivity (Wildman–Crippen MR) is 68.0 cm³/mol. The van der Waals surface area contributed by atoms with Crippen molar-refractivity contribution in [3.8, 4) is 6.07 Å². The first-order valence-corrected chi connectivity index (χ1v) is 6.49. The van der Waals surface area contributed by atoms with E-state index >= 15 is 0 Å². The molecular weight excluding hydrogens is 196 g/mol. The molecule has 16 heavy (non-hydrogen) atoms. The van der Waals surface area contributed by atoms with E-state index in [0.29, 0.717) is 12.1 Å². The summed E-state index contributed by atoms with van der Waals surface area (Å²) >= 11 is 0. The van der Waals surface area contributed by atoms with Crippen LogP contribution in [0.4, 0.5) is 0 Å². The molecule has 0 spiro atoms. The Balaban J connectivity index is 2.71. The van der Waals surface area contributed by atoms with Crippen LogP contribution in [0, 0.1) is 22.7 Å². The number of hydrogen-bond acceptors (Lipinski definition) is 2. The molecule has 2 nitrogen and oxygen atoms in total. The Morgan fingerprint density at radius 2 is 1.81 bits per heavy atom. The Labute approximate surface area is 101 Å². The third-order valence-electron chi connectivity index (χ3n) is 4.28. The van der Waals surface area contributed by atoms with Crippen molar-refractivity contribution in [1.29, 1.82) is 5.26 Å². The first kappa shape index (κ1) is 13.5. The lowest BCUT2D eigenvalue weighted by Gasteiger charge is -2.43. The third kappa shape index (κ3) is 2.98. The van der Waals surface area contributed by atoms with Crippen LogP contribution in [-0.2, 0) is 0 Å². The van der Waals surface area contributed by atoms with Crippen molar-refractivity contribution in [1.82, 2.24) is 4.90 Å². The Morgan fingerprint density at radius 3 is 2.31 bits per heavy atom. The predicted octanol–water partition coefficient (Wildman–Crippen LogP) is 3.44. The van der Waals surface area contributed by atoms with E-state index in [1.54, 1.807) is 0 Å². The largest absolute Gasteiger partial charge is 0.299 e. The summed E-state index contributed by atoms with van der Waals surface area (Å²) in [6.07, 6.45) is 4.79. The summed E-state index contributed by atoms with van der Waals surface area (Å²) in [4.78, 5) is 2.44. The number of nitriles is 1. The van der Waals surface area contributed by atoms with Gasteiger partial charge in [0.1, 0.15) is 0 Å². The monoisotopic (exact) mass is 222 g/mol. The molecule has 0 heterocycles. The molecule has 2 heteroatoms. The van der Waals surface area contributed by atoms with Crippen molar-refractivity contribution in [3.05, 3.63) is 0 Å². The summed E-state index contributed by atoms with van der Waals surface area (Å²) in [6, 6.07) is 3.49. The van der Waals surface area contributed by atoms with Crippen molar-refractivity contribution in [3.63, 3.8) is 0 Å². The quantitative estimate of drug-likeness (QED) is 0.715. The average molecular weight is 222 g/mol. The molecule has 0 radical (unpaired) electrons. The van der Waals surface area contributed by atoms with Gasteiger partial charge in [-0.2, -0.15) is 5.26 Å². The van der Waals surface area contributed by atoms with Crippen LogP contribution in [0.5, 0.6) is 0 Å². The van der Waals surface area contributed by atoms with E-state index in [1.165, 1.54) is 19.3 Å². The van der Waals surface area contributed by atoms with Crippen LogP contribution in [0.1, 0.15) is 53.4 Å². The standard InChI is InChI=1S/C14H26N2/c1-11(14(2,3)4)16(5)13-9-7-6-8-12(13)10-15/h11-13H,6-9H2,1-5H3. The van der Waals surface area contributed by atoms with Crippen LogP contribution < -0.4 is 0 Å². The fourth-order valence-electron chi connectivity index (χ4n) is 2.65. The van der Waals surface area contributed by atoms with Crippen LogP contribution in [0.15, 0.2) is 0 Å². The molecule has 0 aromatic carbocycles. The molecule has 0 N–H and O–H groups in total. The van der Waals surface area contributed by atoms with Crippen molar-refractivity contribution in [2.75, 3.05) is 7.05 Å². The molecule has 0 aromatic heterocycles. The van der Waals surface area contributed by atoms with Crippen LogP contribution >= 0.6 is 0 Å². The van der Waals surface area contributed by atoms with Crippen LogP contribution in [-0.4, -0.2) is 24.0 Å². The highest BCUT2D eigenvalue weighted by Crippen LogP contribution is 2.32. The van der Waals surface area contributed by atoms with Gasteiger partial charge in [-0.25, -0.2) is 0 Å². The van der Waals surface area contributed by atoms with E-state index in [2.05, 4.69) is 45.7 Å². The van der Waals surface area contributed by atoms with Gasteiger partial charge < -0.3 is 0 Å². The molecule has 1 aliphatic carbocycles. The fourth-order valence-corrected chi connectivity index (χ4v) is 2.65. The van der Waals surface area contributed by atoms with Gasteiger partial charge in [-0.15, -0.1) is 0 Å². The Kier molecular flexibility index (Phi) is 4.38. The molecule has 1 rings (SSSR count). The molecule has 3 unspecified atom stereocenters. The average Bonchev–Trinajstić information content (AvgIpc) is 2.25. The van der Waals surface area contributed by atoms with E-state index < -0.39 is 0 Å². The van der Waals surface area contributed by atoms with E-state index in [-0.39, 0.29) is 11.3 Å². The second kappa shape index (κ2) is 5.19. The molecule has 0 saturated heterocycles. The normalized spacial score (nSPS) is 28.8. The minimum absolute atomic E-state index is 0.239. The number of hydrogen-bond donors (Lipinski definition) is 0. The smallest absolute Gasteiger partial charge is 0.0672 e. The maximum absolute atomic E-state index is 9.22. The summed E-state index contributed by atoms with van der Waals surface area (Å²) in [5.74, 6) is 0.239. The third-order valence-corrected chi connectivity index (χ3v) is 4.28. The second-order valence-electron chi connectivity index (χ2n) is 6.29. The summed E-state index contributed by atoms with van der Waals surface area (Å²) in [7, 11) is 2.19.